The van der Waals surface area contributed by atoms with E-state index in [2.05, 4.69) is 11.8 Å². The Kier molecular flexibility index (Phi) is 4.08. The molecule has 1 unspecified atom stereocenters. The van der Waals surface area contributed by atoms with E-state index in [1.165, 1.54) is 18.2 Å². The van der Waals surface area contributed by atoms with Crippen molar-refractivity contribution in [2.75, 3.05) is 0 Å². The van der Waals surface area contributed by atoms with Gasteiger partial charge in [0, 0.05) is 16.5 Å². The molecule has 0 fully saturated rings. The minimum atomic E-state index is -4.68. The molecule has 98 valence electrons. The summed E-state index contributed by atoms with van der Waals surface area (Å²) in [6, 6.07) is 5.76. The van der Waals surface area contributed by atoms with Gasteiger partial charge in [-0.25, -0.2) is 0 Å². The molecular formula is C14H15F3O. The third-order valence-electron chi connectivity index (χ3n) is 2.14. The van der Waals surface area contributed by atoms with Gasteiger partial charge in [0.2, 0.25) is 0 Å². The molecule has 0 bridgehead atoms. The SMILES string of the molecule is CC(C)(C)C#Cc1ccccc1C(O)C(F)(F)F. The Hall–Kier alpha value is -1.47. The molecule has 0 spiro atoms. The lowest BCUT2D eigenvalue weighted by molar-refractivity contribution is -0.206. The van der Waals surface area contributed by atoms with Gasteiger partial charge in [0.05, 0.1) is 0 Å². The molecule has 18 heavy (non-hydrogen) atoms. The van der Waals surface area contributed by atoms with Gasteiger partial charge in [-0.05, 0) is 26.8 Å². The average molecular weight is 256 g/mol. The Morgan fingerprint density at radius 3 is 2.17 bits per heavy atom. The predicted octanol–water partition coefficient (Wildman–Crippen LogP) is 3.68. The average Bonchev–Trinajstić information content (AvgIpc) is 2.23. The maximum absolute atomic E-state index is 12.5. The van der Waals surface area contributed by atoms with Crippen molar-refractivity contribution in [2.24, 2.45) is 5.41 Å². The molecule has 1 aromatic rings. The zero-order valence-electron chi connectivity index (χ0n) is 10.5. The van der Waals surface area contributed by atoms with E-state index in [0.717, 1.165) is 0 Å². The summed E-state index contributed by atoms with van der Waals surface area (Å²) < 4.78 is 37.5. The minimum absolute atomic E-state index is 0.206. The third kappa shape index (κ3) is 4.08. The van der Waals surface area contributed by atoms with Gasteiger partial charge in [0.1, 0.15) is 0 Å². The molecule has 1 N–H and O–H groups in total. The van der Waals surface area contributed by atoms with Crippen molar-refractivity contribution in [3.63, 3.8) is 0 Å². The van der Waals surface area contributed by atoms with Crippen LogP contribution in [-0.2, 0) is 0 Å². The number of hydrogen-bond donors (Lipinski definition) is 1. The molecule has 0 saturated heterocycles. The van der Waals surface area contributed by atoms with E-state index in [-0.39, 0.29) is 16.5 Å². The van der Waals surface area contributed by atoms with Crippen LogP contribution in [0.2, 0.25) is 0 Å². The van der Waals surface area contributed by atoms with Gasteiger partial charge < -0.3 is 5.11 Å². The highest BCUT2D eigenvalue weighted by Crippen LogP contribution is 2.33. The van der Waals surface area contributed by atoms with Gasteiger partial charge in [0.25, 0.3) is 0 Å². The Labute approximate surface area is 105 Å². The fourth-order valence-electron chi connectivity index (χ4n) is 1.28. The Bertz CT molecular complexity index is 472. The number of aliphatic hydroxyl groups excluding tert-OH is 1. The molecule has 0 aliphatic heterocycles. The van der Waals surface area contributed by atoms with Crippen molar-refractivity contribution in [3.8, 4) is 11.8 Å². The number of benzene rings is 1. The molecule has 1 aromatic carbocycles. The van der Waals surface area contributed by atoms with Crippen LogP contribution in [0.5, 0.6) is 0 Å². The van der Waals surface area contributed by atoms with Crippen LogP contribution >= 0.6 is 0 Å². The van der Waals surface area contributed by atoms with E-state index in [0.29, 0.717) is 0 Å². The van der Waals surface area contributed by atoms with Crippen LogP contribution in [0.4, 0.5) is 13.2 Å². The number of hydrogen-bond acceptors (Lipinski definition) is 1. The standard InChI is InChI=1S/C14H15F3O/c1-13(2,3)9-8-10-6-4-5-7-11(10)12(18)14(15,16)17/h4-7,12,18H,1-3H3. The molecule has 0 aliphatic carbocycles. The first-order valence-electron chi connectivity index (χ1n) is 5.48. The summed E-state index contributed by atoms with van der Waals surface area (Å²) in [7, 11) is 0. The van der Waals surface area contributed by atoms with Gasteiger partial charge in [-0.15, -0.1) is 0 Å². The smallest absolute Gasteiger partial charge is 0.379 e. The van der Waals surface area contributed by atoms with Crippen LogP contribution in [0.15, 0.2) is 24.3 Å². The lowest BCUT2D eigenvalue weighted by Crippen LogP contribution is -2.21. The van der Waals surface area contributed by atoms with Crippen molar-refractivity contribution in [2.45, 2.75) is 33.1 Å². The normalized spacial score (nSPS) is 13.7. The topological polar surface area (TPSA) is 20.2 Å². The van der Waals surface area contributed by atoms with Crippen LogP contribution in [0.25, 0.3) is 0 Å². The van der Waals surface area contributed by atoms with E-state index >= 15 is 0 Å². The van der Waals surface area contributed by atoms with Gasteiger partial charge in [-0.1, -0.05) is 30.0 Å². The number of rotatable bonds is 1. The van der Waals surface area contributed by atoms with E-state index in [9.17, 15) is 18.3 Å². The summed E-state index contributed by atoms with van der Waals surface area (Å²) >= 11 is 0. The largest absolute Gasteiger partial charge is 0.418 e. The van der Waals surface area contributed by atoms with Crippen LogP contribution in [-0.4, -0.2) is 11.3 Å². The maximum atomic E-state index is 12.5. The van der Waals surface area contributed by atoms with Gasteiger partial charge in [-0.3, -0.25) is 0 Å². The second-order valence-corrected chi connectivity index (χ2v) is 5.03. The Balaban J connectivity index is 3.18. The summed E-state index contributed by atoms with van der Waals surface area (Å²) in [6.07, 6.45) is -7.18. The third-order valence-corrected chi connectivity index (χ3v) is 2.14. The molecule has 1 nitrogen and oxygen atoms in total. The van der Waals surface area contributed by atoms with Crippen molar-refractivity contribution < 1.29 is 18.3 Å². The van der Waals surface area contributed by atoms with Crippen molar-refractivity contribution >= 4 is 0 Å². The molecule has 1 rings (SSSR count). The number of alkyl halides is 3. The summed E-state index contributed by atoms with van der Waals surface area (Å²) in [4.78, 5) is 0. The maximum Gasteiger partial charge on any atom is 0.418 e. The van der Waals surface area contributed by atoms with E-state index in [1.807, 2.05) is 20.8 Å². The molecule has 0 heterocycles. The zero-order chi connectivity index (χ0) is 14.0. The highest BCUT2D eigenvalue weighted by molar-refractivity contribution is 5.43. The van der Waals surface area contributed by atoms with Gasteiger partial charge in [0.15, 0.2) is 6.10 Å². The van der Waals surface area contributed by atoms with Crippen molar-refractivity contribution in [1.29, 1.82) is 0 Å². The summed E-state index contributed by atoms with van der Waals surface area (Å²) in [6.45, 7) is 5.59. The Morgan fingerprint density at radius 1 is 1.11 bits per heavy atom. The fraction of sp³-hybridized carbons (Fsp3) is 0.429. The summed E-state index contributed by atoms with van der Waals surface area (Å²) in [5, 5.41) is 9.27. The fourth-order valence-corrected chi connectivity index (χ4v) is 1.28. The van der Waals surface area contributed by atoms with Crippen LogP contribution in [0.3, 0.4) is 0 Å². The second-order valence-electron chi connectivity index (χ2n) is 5.03. The monoisotopic (exact) mass is 256 g/mol. The predicted molar refractivity (Wildman–Crippen MR) is 63.8 cm³/mol. The molecule has 4 heteroatoms. The lowest BCUT2D eigenvalue weighted by Gasteiger charge is -2.16. The minimum Gasteiger partial charge on any atom is -0.379 e. The van der Waals surface area contributed by atoms with Crippen LogP contribution in [0, 0.1) is 17.3 Å². The summed E-state index contributed by atoms with van der Waals surface area (Å²) in [5.74, 6) is 5.55. The lowest BCUT2D eigenvalue weighted by atomic mass is 9.96. The van der Waals surface area contributed by atoms with Crippen molar-refractivity contribution in [1.82, 2.24) is 0 Å². The van der Waals surface area contributed by atoms with Crippen molar-refractivity contribution in [3.05, 3.63) is 35.4 Å². The number of halogens is 3. The molecule has 0 amide bonds. The molecule has 0 saturated carbocycles. The van der Waals surface area contributed by atoms with E-state index in [4.69, 9.17) is 0 Å². The van der Waals surface area contributed by atoms with E-state index in [1.54, 1.807) is 6.07 Å². The molecule has 0 aromatic heterocycles. The zero-order valence-corrected chi connectivity index (χ0v) is 10.5. The van der Waals surface area contributed by atoms with Crippen LogP contribution < -0.4 is 0 Å². The quantitative estimate of drug-likeness (QED) is 0.760. The Morgan fingerprint density at radius 2 is 1.67 bits per heavy atom. The summed E-state index contributed by atoms with van der Waals surface area (Å²) in [5.41, 5.74) is -0.310. The molecular weight excluding hydrogens is 241 g/mol. The van der Waals surface area contributed by atoms with E-state index < -0.39 is 12.3 Å². The molecule has 1 atom stereocenters. The first kappa shape index (κ1) is 14.6. The molecule has 0 aliphatic rings. The first-order valence-corrected chi connectivity index (χ1v) is 5.48. The molecule has 0 radical (unpaired) electrons. The number of aliphatic hydroxyl groups is 1. The highest BCUT2D eigenvalue weighted by Gasteiger charge is 2.40. The van der Waals surface area contributed by atoms with Gasteiger partial charge in [-0.2, -0.15) is 13.2 Å². The van der Waals surface area contributed by atoms with Gasteiger partial charge >= 0.3 is 6.18 Å². The second kappa shape index (κ2) is 5.03. The first-order chi connectivity index (χ1) is 8.11. The highest BCUT2D eigenvalue weighted by atomic mass is 19.4. The van der Waals surface area contributed by atoms with Crippen LogP contribution in [0.1, 0.15) is 38.0 Å².